The number of allylic oxidation sites excluding steroid dienone is 1. The molecule has 0 aliphatic rings. The van der Waals surface area contributed by atoms with Crippen molar-refractivity contribution in [1.29, 1.82) is 0 Å². The third kappa shape index (κ3) is 45.1. The summed E-state index contributed by atoms with van der Waals surface area (Å²) in [5.41, 5.74) is 0. The molecule has 1 amide bonds. The zero-order valence-corrected chi connectivity index (χ0v) is 40.9. The van der Waals surface area contributed by atoms with Gasteiger partial charge in [-0.15, -0.1) is 0 Å². The second kappa shape index (κ2) is 42.5. The van der Waals surface area contributed by atoms with Crippen molar-refractivity contribution in [3.63, 3.8) is 0 Å². The number of unbranched alkanes of at least 4 members (excludes halogenated alkanes) is 34. The number of hydrogen-bond donors (Lipinski definition) is 3. The van der Waals surface area contributed by atoms with E-state index in [-0.39, 0.29) is 19.1 Å². The lowest BCUT2D eigenvalue weighted by atomic mass is 10.0. The third-order valence-electron chi connectivity index (χ3n) is 11.8. The summed E-state index contributed by atoms with van der Waals surface area (Å²) < 4.78 is 23.6. The molecule has 8 nitrogen and oxygen atoms in total. The van der Waals surface area contributed by atoms with Crippen molar-refractivity contribution < 1.29 is 32.9 Å². The van der Waals surface area contributed by atoms with Crippen molar-refractivity contribution in [3.8, 4) is 0 Å². The standard InChI is InChI=1S/C50H101N2O6P/c1-6-8-10-12-14-16-18-20-22-24-26-27-29-31-33-35-37-39-41-43-49(53)48(47-58-59(55,56)57-46-45-52(3,4)5)51-50(54)44-42-40-38-36-34-32-30-28-25-23-21-19-17-15-13-11-9-7-2/h41,43,48-49,53H,6-40,42,44-47H2,1-5H3,(H-,51,54,55,56)/p+1/b43-41+. The van der Waals surface area contributed by atoms with Crippen LogP contribution in [0.15, 0.2) is 12.2 Å². The van der Waals surface area contributed by atoms with E-state index in [1.54, 1.807) is 6.08 Å². The van der Waals surface area contributed by atoms with Crippen LogP contribution >= 0.6 is 7.82 Å². The second-order valence-electron chi connectivity index (χ2n) is 18.9. The van der Waals surface area contributed by atoms with Gasteiger partial charge in [0.1, 0.15) is 13.2 Å². The Bertz CT molecular complexity index is 974. The Kier molecular flexibility index (Phi) is 42.0. The number of hydrogen-bond acceptors (Lipinski definition) is 5. The molecule has 3 unspecified atom stereocenters. The molecule has 0 aromatic heterocycles. The number of phosphoric ester groups is 1. The fourth-order valence-corrected chi connectivity index (χ4v) is 8.43. The molecule has 0 heterocycles. The van der Waals surface area contributed by atoms with Crippen LogP contribution < -0.4 is 5.32 Å². The van der Waals surface area contributed by atoms with Gasteiger partial charge in [-0.1, -0.05) is 238 Å². The topological polar surface area (TPSA) is 105 Å². The minimum absolute atomic E-state index is 0.0650. The van der Waals surface area contributed by atoms with Gasteiger partial charge in [0.25, 0.3) is 0 Å². The van der Waals surface area contributed by atoms with Gasteiger partial charge < -0.3 is 19.8 Å². The summed E-state index contributed by atoms with van der Waals surface area (Å²) in [5.74, 6) is -0.172. The van der Waals surface area contributed by atoms with Crippen molar-refractivity contribution in [2.75, 3.05) is 40.9 Å². The van der Waals surface area contributed by atoms with Crippen molar-refractivity contribution in [1.82, 2.24) is 5.32 Å². The number of nitrogens with zero attached hydrogens (tertiary/aromatic N) is 1. The first kappa shape index (κ1) is 58.2. The normalized spacial score (nSPS) is 14.2. The molecule has 0 aliphatic heterocycles. The van der Waals surface area contributed by atoms with Crippen molar-refractivity contribution >= 4 is 13.7 Å². The summed E-state index contributed by atoms with van der Waals surface area (Å²) in [4.78, 5) is 23.2. The minimum atomic E-state index is -4.34. The molecular formula is C50H102N2O6P+. The Morgan fingerprint density at radius 2 is 0.898 bits per heavy atom. The number of quaternary nitrogens is 1. The van der Waals surface area contributed by atoms with Crippen LogP contribution in [0.25, 0.3) is 0 Å². The maximum atomic E-state index is 12.9. The summed E-state index contributed by atoms with van der Waals surface area (Å²) in [7, 11) is 1.59. The molecular weight excluding hydrogens is 756 g/mol. The molecule has 0 saturated heterocycles. The number of likely N-dealkylation sites (N-methyl/N-ethyl adjacent to an activating group) is 1. The number of aliphatic hydroxyl groups excluding tert-OH is 1. The lowest BCUT2D eigenvalue weighted by Crippen LogP contribution is -2.45. The number of carbonyl (C=O) groups is 1. The van der Waals surface area contributed by atoms with Crippen LogP contribution in [-0.4, -0.2) is 73.4 Å². The highest BCUT2D eigenvalue weighted by Crippen LogP contribution is 2.43. The van der Waals surface area contributed by atoms with E-state index in [1.165, 1.54) is 199 Å². The van der Waals surface area contributed by atoms with Crippen LogP contribution in [0.4, 0.5) is 0 Å². The highest BCUT2D eigenvalue weighted by Gasteiger charge is 2.27. The maximum Gasteiger partial charge on any atom is 0.472 e. The number of aliphatic hydroxyl groups is 1. The van der Waals surface area contributed by atoms with E-state index in [1.807, 2.05) is 27.2 Å². The highest BCUT2D eigenvalue weighted by atomic mass is 31.2. The van der Waals surface area contributed by atoms with E-state index in [0.717, 1.165) is 32.1 Å². The average Bonchev–Trinajstić information content (AvgIpc) is 3.19. The Hall–Kier alpha value is -0.760. The van der Waals surface area contributed by atoms with Gasteiger partial charge >= 0.3 is 7.82 Å². The summed E-state index contributed by atoms with van der Waals surface area (Å²) in [6.07, 6.45) is 50.0. The lowest BCUT2D eigenvalue weighted by molar-refractivity contribution is -0.870. The van der Waals surface area contributed by atoms with Gasteiger partial charge in [0, 0.05) is 6.42 Å². The fraction of sp³-hybridized carbons (Fsp3) is 0.940. The van der Waals surface area contributed by atoms with Crippen molar-refractivity contribution in [2.24, 2.45) is 0 Å². The average molecular weight is 858 g/mol. The van der Waals surface area contributed by atoms with Gasteiger partial charge in [0.2, 0.25) is 5.91 Å². The predicted molar refractivity (Wildman–Crippen MR) is 254 cm³/mol. The number of amides is 1. The van der Waals surface area contributed by atoms with E-state index in [4.69, 9.17) is 9.05 Å². The van der Waals surface area contributed by atoms with E-state index >= 15 is 0 Å². The van der Waals surface area contributed by atoms with Gasteiger partial charge in [0.05, 0.1) is 39.9 Å². The molecule has 59 heavy (non-hydrogen) atoms. The van der Waals surface area contributed by atoms with E-state index in [2.05, 4.69) is 19.2 Å². The van der Waals surface area contributed by atoms with Crippen LogP contribution in [0.1, 0.15) is 251 Å². The van der Waals surface area contributed by atoms with Gasteiger partial charge in [0.15, 0.2) is 0 Å². The molecule has 3 atom stereocenters. The van der Waals surface area contributed by atoms with Crippen LogP contribution in [-0.2, 0) is 18.4 Å². The molecule has 0 radical (unpaired) electrons. The quantitative estimate of drug-likeness (QED) is 0.0244. The number of phosphoric acid groups is 1. The smallest absolute Gasteiger partial charge is 0.387 e. The van der Waals surface area contributed by atoms with Gasteiger partial charge in [-0.25, -0.2) is 4.57 Å². The number of nitrogens with one attached hydrogen (secondary N) is 1. The van der Waals surface area contributed by atoms with Crippen LogP contribution in [0.2, 0.25) is 0 Å². The Balaban J connectivity index is 4.29. The molecule has 3 N–H and O–H groups in total. The summed E-state index contributed by atoms with van der Waals surface area (Å²) in [6, 6.07) is -0.840. The molecule has 352 valence electrons. The first-order chi connectivity index (χ1) is 28.5. The molecule has 0 aromatic rings. The molecule has 0 fully saturated rings. The Labute approximate surface area is 367 Å². The lowest BCUT2D eigenvalue weighted by Gasteiger charge is -2.25. The maximum absolute atomic E-state index is 12.9. The monoisotopic (exact) mass is 858 g/mol. The minimum Gasteiger partial charge on any atom is -0.387 e. The molecule has 0 rings (SSSR count). The zero-order chi connectivity index (χ0) is 43.6. The first-order valence-corrected chi connectivity index (χ1v) is 27.1. The van der Waals surface area contributed by atoms with E-state index in [9.17, 15) is 19.4 Å². The predicted octanol–water partition coefficient (Wildman–Crippen LogP) is 14.7. The number of carbonyl (C=O) groups excluding carboxylic acids is 1. The van der Waals surface area contributed by atoms with Crippen molar-refractivity contribution in [2.45, 2.75) is 264 Å². The largest absolute Gasteiger partial charge is 0.472 e. The summed E-state index contributed by atoms with van der Waals surface area (Å²) in [6.45, 7) is 4.85. The molecule has 0 aromatic carbocycles. The molecule has 0 spiro atoms. The Morgan fingerprint density at radius 1 is 0.559 bits per heavy atom. The molecule has 0 aliphatic carbocycles. The summed E-state index contributed by atoms with van der Waals surface area (Å²) in [5, 5.41) is 13.9. The first-order valence-electron chi connectivity index (χ1n) is 25.6. The van der Waals surface area contributed by atoms with Crippen molar-refractivity contribution in [3.05, 3.63) is 12.2 Å². The van der Waals surface area contributed by atoms with E-state index in [0.29, 0.717) is 17.4 Å². The molecule has 0 bridgehead atoms. The number of rotatable bonds is 47. The Morgan fingerprint density at radius 3 is 1.25 bits per heavy atom. The highest BCUT2D eigenvalue weighted by molar-refractivity contribution is 7.47. The molecule has 9 heteroatoms. The third-order valence-corrected chi connectivity index (χ3v) is 12.7. The van der Waals surface area contributed by atoms with E-state index < -0.39 is 20.0 Å². The molecule has 0 saturated carbocycles. The van der Waals surface area contributed by atoms with Gasteiger partial charge in [-0.3, -0.25) is 13.8 Å². The van der Waals surface area contributed by atoms with Crippen LogP contribution in [0.5, 0.6) is 0 Å². The van der Waals surface area contributed by atoms with Crippen LogP contribution in [0.3, 0.4) is 0 Å². The summed E-state index contributed by atoms with van der Waals surface area (Å²) >= 11 is 0. The van der Waals surface area contributed by atoms with Gasteiger partial charge in [-0.2, -0.15) is 0 Å². The van der Waals surface area contributed by atoms with Gasteiger partial charge in [-0.05, 0) is 19.3 Å². The zero-order valence-electron chi connectivity index (χ0n) is 40.0. The SMILES string of the molecule is CCCCCCCCCCCCCCCCCCC/C=C/C(O)C(COP(=O)(O)OCC[N+](C)(C)C)NC(=O)CCCCCCCCCCCCCCCCCCCC. The fourth-order valence-electron chi connectivity index (χ4n) is 7.69. The van der Waals surface area contributed by atoms with Crippen LogP contribution in [0, 0.1) is 0 Å². The second-order valence-corrected chi connectivity index (χ2v) is 20.4.